The molecule has 0 aromatic heterocycles. The summed E-state index contributed by atoms with van der Waals surface area (Å²) in [5.74, 6) is 0.732. The largest absolute Gasteiger partial charge is 0.445 e. The Kier molecular flexibility index (Phi) is 7.57. The van der Waals surface area contributed by atoms with Crippen LogP contribution in [0.3, 0.4) is 0 Å². The highest BCUT2D eigenvalue weighted by Crippen LogP contribution is 2.31. The van der Waals surface area contributed by atoms with E-state index in [2.05, 4.69) is 13.8 Å². The molecule has 1 fully saturated rings. The molecule has 0 atom stereocenters. The summed E-state index contributed by atoms with van der Waals surface area (Å²) < 4.78 is 10.7. The number of carbonyl (C=O) groups is 1. The number of ether oxygens (including phenoxy) is 2. The van der Waals surface area contributed by atoms with E-state index in [9.17, 15) is 4.79 Å². The van der Waals surface area contributed by atoms with Gasteiger partial charge in [0, 0.05) is 25.8 Å². The average Bonchev–Trinajstić information content (AvgIpc) is 2.60. The molecule has 0 saturated heterocycles. The van der Waals surface area contributed by atoms with E-state index in [1.165, 1.54) is 12.8 Å². The van der Waals surface area contributed by atoms with Gasteiger partial charge in [-0.05, 0) is 57.4 Å². The summed E-state index contributed by atoms with van der Waals surface area (Å²) in [5, 5.41) is 0. The first-order valence-corrected chi connectivity index (χ1v) is 9.09. The third-order valence-corrected chi connectivity index (χ3v) is 4.91. The van der Waals surface area contributed by atoms with E-state index < -0.39 is 0 Å². The Hall–Kier alpha value is -1.55. The van der Waals surface area contributed by atoms with Crippen molar-refractivity contribution < 1.29 is 14.3 Å². The van der Waals surface area contributed by atoms with Gasteiger partial charge in [0.25, 0.3) is 0 Å². The lowest BCUT2D eigenvalue weighted by Crippen LogP contribution is -2.46. The van der Waals surface area contributed by atoms with Gasteiger partial charge in [-0.15, -0.1) is 0 Å². The zero-order valence-electron chi connectivity index (χ0n) is 15.2. The summed E-state index contributed by atoms with van der Waals surface area (Å²) >= 11 is 0. The lowest BCUT2D eigenvalue weighted by molar-refractivity contribution is 0.0510. The van der Waals surface area contributed by atoms with Crippen molar-refractivity contribution in [3.8, 4) is 0 Å². The Morgan fingerprint density at radius 3 is 2.42 bits per heavy atom. The van der Waals surface area contributed by atoms with E-state index in [0.717, 1.165) is 37.4 Å². The van der Waals surface area contributed by atoms with Crippen molar-refractivity contribution in [1.82, 2.24) is 4.90 Å². The Bertz CT molecular complexity index is 481. The highest BCUT2D eigenvalue weighted by atomic mass is 16.6. The second-order valence-electron chi connectivity index (χ2n) is 7.00. The van der Waals surface area contributed by atoms with Crippen LogP contribution in [0.2, 0.25) is 0 Å². The van der Waals surface area contributed by atoms with Crippen LogP contribution < -0.4 is 0 Å². The smallest absolute Gasteiger partial charge is 0.410 e. The van der Waals surface area contributed by atoms with Crippen molar-refractivity contribution in [3.63, 3.8) is 0 Å². The van der Waals surface area contributed by atoms with Crippen LogP contribution >= 0.6 is 0 Å². The second-order valence-corrected chi connectivity index (χ2v) is 7.00. The molecule has 0 unspecified atom stereocenters. The van der Waals surface area contributed by atoms with Crippen LogP contribution in [0, 0.1) is 5.92 Å². The molecule has 0 aliphatic heterocycles. The molecule has 1 aliphatic rings. The standard InChI is InChI=1S/C20H31NO3/c1-16(2)21(19-11-9-17(10-12-19)13-14-23-3)20(22)24-15-18-7-5-4-6-8-18/h4-8,16-17,19H,9-15H2,1-3H3. The Balaban J connectivity index is 1.86. The third-order valence-electron chi connectivity index (χ3n) is 4.91. The molecule has 4 nitrogen and oxygen atoms in total. The molecule has 1 aromatic rings. The van der Waals surface area contributed by atoms with Crippen molar-refractivity contribution in [2.45, 2.75) is 64.6 Å². The number of nitrogens with zero attached hydrogens (tertiary/aromatic N) is 1. The van der Waals surface area contributed by atoms with Gasteiger partial charge in [-0.3, -0.25) is 0 Å². The van der Waals surface area contributed by atoms with Crippen LogP contribution in [0.5, 0.6) is 0 Å². The zero-order chi connectivity index (χ0) is 17.4. The maximum absolute atomic E-state index is 12.6. The fourth-order valence-corrected chi connectivity index (χ4v) is 3.57. The van der Waals surface area contributed by atoms with Gasteiger partial charge in [0.1, 0.15) is 6.61 Å². The van der Waals surface area contributed by atoms with Gasteiger partial charge in [-0.2, -0.15) is 0 Å². The van der Waals surface area contributed by atoms with E-state index >= 15 is 0 Å². The molecule has 0 bridgehead atoms. The normalized spacial score (nSPS) is 20.8. The minimum Gasteiger partial charge on any atom is -0.445 e. The molecule has 1 amide bonds. The number of benzene rings is 1. The van der Waals surface area contributed by atoms with Crippen LogP contribution in [0.25, 0.3) is 0 Å². The fraction of sp³-hybridized carbons (Fsp3) is 0.650. The summed E-state index contributed by atoms with van der Waals surface area (Å²) in [6.45, 7) is 5.32. The van der Waals surface area contributed by atoms with Gasteiger partial charge >= 0.3 is 6.09 Å². The first kappa shape index (κ1) is 18.8. The number of amides is 1. The van der Waals surface area contributed by atoms with Gasteiger partial charge in [0.05, 0.1) is 0 Å². The number of carbonyl (C=O) groups excluding carboxylic acids is 1. The maximum Gasteiger partial charge on any atom is 0.410 e. The number of rotatable bonds is 7. The SMILES string of the molecule is COCCC1CCC(N(C(=O)OCc2ccccc2)C(C)C)CC1. The van der Waals surface area contributed by atoms with E-state index in [-0.39, 0.29) is 12.1 Å². The fourth-order valence-electron chi connectivity index (χ4n) is 3.57. The van der Waals surface area contributed by atoms with E-state index in [1.807, 2.05) is 35.2 Å². The van der Waals surface area contributed by atoms with Crippen molar-refractivity contribution in [2.75, 3.05) is 13.7 Å². The van der Waals surface area contributed by atoms with Crippen molar-refractivity contribution in [3.05, 3.63) is 35.9 Å². The van der Waals surface area contributed by atoms with Gasteiger partial charge in [0.2, 0.25) is 0 Å². The van der Waals surface area contributed by atoms with E-state index in [4.69, 9.17) is 9.47 Å². The molecule has 0 spiro atoms. The summed E-state index contributed by atoms with van der Waals surface area (Å²) in [7, 11) is 1.76. The van der Waals surface area contributed by atoms with Crippen molar-refractivity contribution in [1.29, 1.82) is 0 Å². The predicted molar refractivity (Wildman–Crippen MR) is 95.8 cm³/mol. The van der Waals surface area contributed by atoms with Crippen LogP contribution in [0.4, 0.5) is 4.79 Å². The Labute approximate surface area is 146 Å². The summed E-state index contributed by atoms with van der Waals surface area (Å²) in [6.07, 6.45) is 5.41. The monoisotopic (exact) mass is 333 g/mol. The number of hydrogen-bond acceptors (Lipinski definition) is 3. The summed E-state index contributed by atoms with van der Waals surface area (Å²) in [5.41, 5.74) is 1.03. The molecule has 4 heteroatoms. The molecule has 134 valence electrons. The molecule has 0 heterocycles. The maximum atomic E-state index is 12.6. The topological polar surface area (TPSA) is 38.8 Å². The molecular formula is C20H31NO3. The van der Waals surface area contributed by atoms with E-state index in [0.29, 0.717) is 12.6 Å². The summed E-state index contributed by atoms with van der Waals surface area (Å²) in [6, 6.07) is 10.3. The van der Waals surface area contributed by atoms with Gasteiger partial charge in [-0.25, -0.2) is 4.79 Å². The highest BCUT2D eigenvalue weighted by Gasteiger charge is 2.31. The van der Waals surface area contributed by atoms with Crippen LogP contribution in [0.15, 0.2) is 30.3 Å². The van der Waals surface area contributed by atoms with Gasteiger partial charge < -0.3 is 14.4 Å². The predicted octanol–water partition coefficient (Wildman–Crippen LogP) is 4.63. The molecule has 24 heavy (non-hydrogen) atoms. The highest BCUT2D eigenvalue weighted by molar-refractivity contribution is 5.68. The Morgan fingerprint density at radius 2 is 1.83 bits per heavy atom. The number of methoxy groups -OCH3 is 1. The van der Waals surface area contributed by atoms with Crippen LogP contribution in [-0.4, -0.2) is 36.8 Å². The Morgan fingerprint density at radius 1 is 1.17 bits per heavy atom. The molecule has 1 saturated carbocycles. The van der Waals surface area contributed by atoms with Gasteiger partial charge in [0.15, 0.2) is 0 Å². The lowest BCUT2D eigenvalue weighted by Gasteiger charge is -2.38. The summed E-state index contributed by atoms with van der Waals surface area (Å²) in [4.78, 5) is 14.5. The number of hydrogen-bond donors (Lipinski definition) is 0. The zero-order valence-corrected chi connectivity index (χ0v) is 15.2. The molecule has 1 aliphatic carbocycles. The lowest BCUT2D eigenvalue weighted by atomic mass is 9.83. The van der Waals surface area contributed by atoms with E-state index in [1.54, 1.807) is 7.11 Å². The van der Waals surface area contributed by atoms with Crippen LogP contribution in [0.1, 0.15) is 51.5 Å². The molecule has 0 radical (unpaired) electrons. The van der Waals surface area contributed by atoms with Crippen molar-refractivity contribution >= 4 is 6.09 Å². The molecular weight excluding hydrogens is 302 g/mol. The molecule has 2 rings (SSSR count). The molecule has 0 N–H and O–H groups in total. The van der Waals surface area contributed by atoms with Crippen LogP contribution in [-0.2, 0) is 16.1 Å². The molecule has 1 aromatic carbocycles. The quantitative estimate of drug-likeness (QED) is 0.730. The minimum absolute atomic E-state index is 0.161. The third kappa shape index (κ3) is 5.52. The first-order valence-electron chi connectivity index (χ1n) is 9.09. The van der Waals surface area contributed by atoms with Crippen molar-refractivity contribution in [2.24, 2.45) is 5.92 Å². The first-order chi connectivity index (χ1) is 11.6. The second kappa shape index (κ2) is 9.67. The average molecular weight is 333 g/mol. The minimum atomic E-state index is -0.186. The van der Waals surface area contributed by atoms with Gasteiger partial charge in [-0.1, -0.05) is 30.3 Å².